The first kappa shape index (κ1) is 14.6. The summed E-state index contributed by atoms with van der Waals surface area (Å²) in [6.07, 6.45) is 1.19. The lowest BCUT2D eigenvalue weighted by Gasteiger charge is -2.19. The molecule has 0 N–H and O–H groups in total. The monoisotopic (exact) mass is 280 g/mol. The molecule has 1 aromatic carbocycles. The van der Waals surface area contributed by atoms with Gasteiger partial charge in [0.15, 0.2) is 0 Å². The molecular weight excluding hydrogens is 262 g/mol. The molecule has 0 saturated carbocycles. The second-order valence-electron chi connectivity index (χ2n) is 6.23. The summed E-state index contributed by atoms with van der Waals surface area (Å²) in [5, 5.41) is 0.366. The minimum atomic E-state index is -2.94. The number of benzene rings is 1. The van der Waals surface area contributed by atoms with Gasteiger partial charge in [-0.2, -0.15) is 0 Å². The molecule has 0 atom stereocenters. The predicted octanol–water partition coefficient (Wildman–Crippen LogP) is 3.35. The maximum absolute atomic E-state index is 13.0. The standard InChI is InChI=1S/C15H18F2N2O/c1-14(2,3)10-5-6-11-12(7-10)18-9-19(13(11)20)8-15(4,16)17/h5-7,9H,8H2,1-4H3. The Hall–Kier alpha value is -1.78. The molecule has 5 heteroatoms. The second kappa shape index (κ2) is 4.65. The van der Waals surface area contributed by atoms with Crippen molar-refractivity contribution in [1.82, 2.24) is 9.55 Å². The molecule has 2 aromatic rings. The molecule has 0 radical (unpaired) electrons. The molecule has 0 unspecified atom stereocenters. The zero-order valence-electron chi connectivity index (χ0n) is 12.1. The molecule has 108 valence electrons. The number of hydrogen-bond acceptors (Lipinski definition) is 2. The van der Waals surface area contributed by atoms with Crippen molar-refractivity contribution in [2.75, 3.05) is 0 Å². The first-order valence-electron chi connectivity index (χ1n) is 6.45. The van der Waals surface area contributed by atoms with Crippen molar-refractivity contribution in [1.29, 1.82) is 0 Å². The lowest BCUT2D eigenvalue weighted by atomic mass is 9.86. The van der Waals surface area contributed by atoms with E-state index in [1.54, 1.807) is 6.07 Å². The van der Waals surface area contributed by atoms with Crippen LogP contribution in [0.5, 0.6) is 0 Å². The number of aromatic nitrogens is 2. The Labute approximate surface area is 116 Å². The lowest BCUT2D eigenvalue weighted by molar-refractivity contribution is 0.00284. The van der Waals surface area contributed by atoms with Gasteiger partial charge in [-0.25, -0.2) is 13.8 Å². The van der Waals surface area contributed by atoms with E-state index in [2.05, 4.69) is 25.8 Å². The van der Waals surface area contributed by atoms with Gasteiger partial charge in [-0.15, -0.1) is 0 Å². The van der Waals surface area contributed by atoms with E-state index >= 15 is 0 Å². The summed E-state index contributed by atoms with van der Waals surface area (Å²) >= 11 is 0. The summed E-state index contributed by atoms with van der Waals surface area (Å²) in [6.45, 7) is 6.31. The average Bonchev–Trinajstić information content (AvgIpc) is 2.30. The van der Waals surface area contributed by atoms with Gasteiger partial charge in [-0.05, 0) is 23.1 Å². The Kier molecular flexibility index (Phi) is 3.40. The highest BCUT2D eigenvalue weighted by Gasteiger charge is 2.23. The SMILES string of the molecule is CC(F)(F)Cn1cnc2cc(C(C)(C)C)ccc2c1=O. The molecule has 0 spiro atoms. The molecule has 2 rings (SSSR count). The summed E-state index contributed by atoms with van der Waals surface area (Å²) in [6, 6.07) is 5.35. The molecule has 0 amide bonds. The molecule has 0 aliphatic heterocycles. The molecule has 3 nitrogen and oxygen atoms in total. The predicted molar refractivity (Wildman–Crippen MR) is 75.3 cm³/mol. The zero-order chi connectivity index (χ0) is 15.1. The van der Waals surface area contributed by atoms with Gasteiger partial charge in [-0.3, -0.25) is 9.36 Å². The van der Waals surface area contributed by atoms with Crippen LogP contribution in [-0.4, -0.2) is 15.5 Å². The Bertz CT molecular complexity index is 694. The number of rotatable bonds is 2. The Morgan fingerprint density at radius 3 is 2.40 bits per heavy atom. The number of fused-ring (bicyclic) bond motifs is 1. The van der Waals surface area contributed by atoms with Crippen LogP contribution in [0, 0.1) is 0 Å². The van der Waals surface area contributed by atoms with Crippen LogP contribution >= 0.6 is 0 Å². The molecule has 0 aliphatic rings. The van der Waals surface area contributed by atoms with E-state index in [9.17, 15) is 13.6 Å². The Morgan fingerprint density at radius 2 is 1.85 bits per heavy atom. The maximum Gasteiger partial charge on any atom is 0.263 e. The van der Waals surface area contributed by atoms with Crippen LogP contribution in [0.15, 0.2) is 29.3 Å². The first-order chi connectivity index (χ1) is 9.08. The molecular formula is C15H18F2N2O. The first-order valence-corrected chi connectivity index (χ1v) is 6.45. The number of alkyl halides is 2. The van der Waals surface area contributed by atoms with Crippen molar-refractivity contribution in [3.05, 3.63) is 40.4 Å². The van der Waals surface area contributed by atoms with Crippen LogP contribution in [0.4, 0.5) is 8.78 Å². The van der Waals surface area contributed by atoms with Gasteiger partial charge >= 0.3 is 0 Å². The second-order valence-corrected chi connectivity index (χ2v) is 6.23. The zero-order valence-corrected chi connectivity index (χ0v) is 12.1. The summed E-state index contributed by atoms with van der Waals surface area (Å²) in [5.74, 6) is -2.94. The van der Waals surface area contributed by atoms with Gasteiger partial charge in [0.1, 0.15) is 0 Å². The van der Waals surface area contributed by atoms with Crippen molar-refractivity contribution in [3.63, 3.8) is 0 Å². The minimum absolute atomic E-state index is 0.0544. The molecule has 0 saturated heterocycles. The largest absolute Gasteiger partial charge is 0.293 e. The van der Waals surface area contributed by atoms with E-state index in [0.717, 1.165) is 17.1 Å². The Morgan fingerprint density at radius 1 is 1.20 bits per heavy atom. The van der Waals surface area contributed by atoms with Crippen molar-refractivity contribution < 1.29 is 8.78 Å². The van der Waals surface area contributed by atoms with Crippen LogP contribution in [0.2, 0.25) is 0 Å². The summed E-state index contributed by atoms with van der Waals surface area (Å²) in [7, 11) is 0. The van der Waals surface area contributed by atoms with Gasteiger partial charge in [0.25, 0.3) is 11.5 Å². The van der Waals surface area contributed by atoms with E-state index < -0.39 is 18.0 Å². The third-order valence-electron chi connectivity index (χ3n) is 3.14. The minimum Gasteiger partial charge on any atom is -0.293 e. The topological polar surface area (TPSA) is 34.9 Å². The molecule has 0 fully saturated rings. The van der Waals surface area contributed by atoms with Crippen molar-refractivity contribution in [2.45, 2.75) is 45.6 Å². The quantitative estimate of drug-likeness (QED) is 0.845. The fourth-order valence-electron chi connectivity index (χ4n) is 2.04. The van der Waals surface area contributed by atoms with Gasteiger partial charge in [0.2, 0.25) is 0 Å². The number of nitrogens with zero attached hydrogens (tertiary/aromatic N) is 2. The smallest absolute Gasteiger partial charge is 0.263 e. The third kappa shape index (κ3) is 3.03. The van der Waals surface area contributed by atoms with E-state index in [4.69, 9.17) is 0 Å². The normalized spacial score (nSPS) is 12.9. The summed E-state index contributed by atoms with van der Waals surface area (Å²) in [4.78, 5) is 16.3. The van der Waals surface area contributed by atoms with Gasteiger partial charge in [0, 0.05) is 6.92 Å². The van der Waals surface area contributed by atoms with Gasteiger partial charge < -0.3 is 0 Å². The van der Waals surface area contributed by atoms with Crippen molar-refractivity contribution in [2.24, 2.45) is 0 Å². The van der Waals surface area contributed by atoms with Crippen LogP contribution in [0.25, 0.3) is 10.9 Å². The fraction of sp³-hybridized carbons (Fsp3) is 0.467. The molecule has 1 aromatic heterocycles. The highest BCUT2D eigenvalue weighted by Crippen LogP contribution is 2.24. The van der Waals surface area contributed by atoms with E-state index in [-0.39, 0.29) is 5.41 Å². The molecule has 0 aliphatic carbocycles. The number of halogens is 2. The highest BCUT2D eigenvalue weighted by atomic mass is 19.3. The van der Waals surface area contributed by atoms with Crippen LogP contribution in [0.1, 0.15) is 33.3 Å². The number of hydrogen-bond donors (Lipinski definition) is 0. The van der Waals surface area contributed by atoms with Crippen molar-refractivity contribution >= 4 is 10.9 Å². The molecule has 0 bridgehead atoms. The molecule has 1 heterocycles. The van der Waals surface area contributed by atoms with Crippen LogP contribution in [0.3, 0.4) is 0 Å². The van der Waals surface area contributed by atoms with Gasteiger partial charge in [-0.1, -0.05) is 26.8 Å². The fourth-order valence-corrected chi connectivity index (χ4v) is 2.04. The third-order valence-corrected chi connectivity index (χ3v) is 3.14. The van der Waals surface area contributed by atoms with Crippen LogP contribution < -0.4 is 5.56 Å². The summed E-state index contributed by atoms with van der Waals surface area (Å²) in [5.41, 5.74) is 1.10. The van der Waals surface area contributed by atoms with Crippen molar-refractivity contribution in [3.8, 4) is 0 Å². The Balaban J connectivity index is 2.56. The summed E-state index contributed by atoms with van der Waals surface area (Å²) < 4.78 is 27.0. The molecule has 20 heavy (non-hydrogen) atoms. The van der Waals surface area contributed by atoms with Crippen LogP contribution in [-0.2, 0) is 12.0 Å². The van der Waals surface area contributed by atoms with E-state index in [0.29, 0.717) is 10.9 Å². The lowest BCUT2D eigenvalue weighted by Crippen LogP contribution is -2.29. The maximum atomic E-state index is 13.0. The van der Waals surface area contributed by atoms with Gasteiger partial charge in [0.05, 0.1) is 23.8 Å². The average molecular weight is 280 g/mol. The highest BCUT2D eigenvalue weighted by molar-refractivity contribution is 5.78. The van der Waals surface area contributed by atoms with E-state index in [1.165, 1.54) is 6.33 Å². The van der Waals surface area contributed by atoms with E-state index in [1.807, 2.05) is 12.1 Å².